The first-order chi connectivity index (χ1) is 10.3. The highest BCUT2D eigenvalue weighted by atomic mass is 32.1. The van der Waals surface area contributed by atoms with Crippen LogP contribution in [0.5, 0.6) is 11.5 Å². The first kappa shape index (κ1) is 16.1. The van der Waals surface area contributed by atoms with Crippen molar-refractivity contribution in [3.8, 4) is 11.5 Å². The second kappa shape index (κ2) is 5.84. The minimum atomic E-state index is -1.41. The lowest BCUT2D eigenvalue weighted by Gasteiger charge is -2.20. The number of carbonyl (C=O) groups excluding carboxylic acids is 2. The van der Waals surface area contributed by atoms with Gasteiger partial charge in [0.1, 0.15) is 5.41 Å². The van der Waals surface area contributed by atoms with Gasteiger partial charge < -0.3 is 20.9 Å². The number of methoxy groups -OCH3 is 2. The van der Waals surface area contributed by atoms with Gasteiger partial charge in [0.2, 0.25) is 11.8 Å². The second-order valence-corrected chi connectivity index (χ2v) is 6.36. The number of benzene rings is 1. The van der Waals surface area contributed by atoms with Crippen LogP contribution in [0.15, 0.2) is 18.2 Å². The second-order valence-electron chi connectivity index (χ2n) is 5.20. The van der Waals surface area contributed by atoms with Crippen molar-refractivity contribution in [1.29, 1.82) is 0 Å². The Labute approximate surface area is 132 Å². The highest BCUT2D eigenvalue weighted by Gasteiger charge is 2.38. The summed E-state index contributed by atoms with van der Waals surface area (Å²) < 4.78 is 11.5. The Hall–Kier alpha value is -2.28. The molecular weight excluding hydrogens is 304 g/mol. The van der Waals surface area contributed by atoms with Crippen LogP contribution in [0.1, 0.15) is 11.8 Å². The van der Waals surface area contributed by atoms with Gasteiger partial charge in [-0.2, -0.15) is 0 Å². The Balaban J connectivity index is 2.45. The number of carbonyl (C=O) groups is 2. The van der Waals surface area contributed by atoms with Gasteiger partial charge >= 0.3 is 0 Å². The number of primary amides is 2. The number of hydrogen-bond acceptors (Lipinski definition) is 5. The quantitative estimate of drug-likeness (QED) is 0.785. The Kier molecular flexibility index (Phi) is 4.27. The number of thiophene rings is 1. The number of amides is 2. The van der Waals surface area contributed by atoms with Crippen molar-refractivity contribution in [2.75, 3.05) is 14.2 Å². The first-order valence-electron chi connectivity index (χ1n) is 6.56. The molecule has 1 aromatic heterocycles. The number of fused-ring (bicyclic) bond motifs is 1. The van der Waals surface area contributed by atoms with E-state index in [-0.39, 0.29) is 6.42 Å². The molecule has 0 radical (unpaired) electrons. The van der Waals surface area contributed by atoms with Gasteiger partial charge in [0.15, 0.2) is 11.5 Å². The van der Waals surface area contributed by atoms with Crippen LogP contribution in [-0.4, -0.2) is 26.0 Å². The normalized spacial score (nSPS) is 11.4. The van der Waals surface area contributed by atoms with E-state index in [1.165, 1.54) is 18.3 Å². The van der Waals surface area contributed by atoms with Crippen molar-refractivity contribution in [3.05, 3.63) is 23.1 Å². The molecule has 2 rings (SSSR count). The molecule has 2 amide bonds. The zero-order chi connectivity index (χ0) is 16.5. The molecular formula is C15H18N2O4S. The molecule has 1 heterocycles. The third-order valence-corrected chi connectivity index (χ3v) is 4.79. The van der Waals surface area contributed by atoms with E-state index in [1.54, 1.807) is 14.2 Å². The van der Waals surface area contributed by atoms with Crippen molar-refractivity contribution in [3.63, 3.8) is 0 Å². The Morgan fingerprint density at radius 1 is 1.09 bits per heavy atom. The molecule has 0 unspecified atom stereocenters. The average molecular weight is 322 g/mol. The summed E-state index contributed by atoms with van der Waals surface area (Å²) in [6, 6.07) is 5.60. The lowest BCUT2D eigenvalue weighted by molar-refractivity contribution is -0.138. The van der Waals surface area contributed by atoms with E-state index in [0.717, 1.165) is 15.0 Å². The van der Waals surface area contributed by atoms with Crippen LogP contribution in [-0.2, 0) is 16.0 Å². The predicted octanol–water partition coefficient (Wildman–Crippen LogP) is 1.44. The van der Waals surface area contributed by atoms with Crippen LogP contribution in [0.4, 0.5) is 0 Å². The molecule has 0 aliphatic rings. The van der Waals surface area contributed by atoms with Crippen LogP contribution in [0.2, 0.25) is 0 Å². The van der Waals surface area contributed by atoms with Gasteiger partial charge in [0.25, 0.3) is 0 Å². The minimum absolute atomic E-state index is 0.168. The summed E-state index contributed by atoms with van der Waals surface area (Å²) in [5, 5.41) is 0.939. The summed E-state index contributed by atoms with van der Waals surface area (Å²) >= 11 is 1.46. The fourth-order valence-corrected chi connectivity index (χ4v) is 3.38. The number of rotatable bonds is 6. The van der Waals surface area contributed by atoms with E-state index in [9.17, 15) is 9.59 Å². The molecule has 0 aliphatic carbocycles. The van der Waals surface area contributed by atoms with Crippen LogP contribution < -0.4 is 20.9 Å². The van der Waals surface area contributed by atoms with Gasteiger partial charge in [0.05, 0.1) is 14.2 Å². The number of ether oxygens (including phenoxy) is 2. The van der Waals surface area contributed by atoms with E-state index in [0.29, 0.717) is 11.5 Å². The zero-order valence-electron chi connectivity index (χ0n) is 12.6. The maximum atomic E-state index is 11.6. The number of hydrogen-bond donors (Lipinski definition) is 2. The molecule has 0 saturated carbocycles. The van der Waals surface area contributed by atoms with Crippen LogP contribution in [0, 0.1) is 5.41 Å². The number of nitrogens with two attached hydrogens (primary N) is 2. The maximum Gasteiger partial charge on any atom is 0.233 e. The Morgan fingerprint density at radius 3 is 2.14 bits per heavy atom. The fourth-order valence-electron chi connectivity index (χ4n) is 2.15. The van der Waals surface area contributed by atoms with Gasteiger partial charge in [-0.1, -0.05) is 0 Å². The summed E-state index contributed by atoms with van der Waals surface area (Å²) in [5.74, 6) is -0.219. The molecule has 1 aromatic carbocycles. The van der Waals surface area contributed by atoms with E-state index < -0.39 is 17.2 Å². The molecule has 0 saturated heterocycles. The van der Waals surface area contributed by atoms with Crippen molar-refractivity contribution in [2.45, 2.75) is 13.3 Å². The van der Waals surface area contributed by atoms with Gasteiger partial charge in [-0.3, -0.25) is 9.59 Å². The van der Waals surface area contributed by atoms with Crippen LogP contribution in [0.25, 0.3) is 10.1 Å². The molecule has 0 atom stereocenters. The molecule has 0 aliphatic heterocycles. The molecule has 0 spiro atoms. The average Bonchev–Trinajstić information content (AvgIpc) is 2.85. The standard InChI is InChI=1S/C15H18N2O4S/c1-15(13(16)18,14(17)19)7-9-4-8-5-10(20-2)11(21-3)6-12(8)22-9/h4-6H,7H2,1-3H3,(H2,16,18)(H2,17,19). The van der Waals surface area contributed by atoms with Gasteiger partial charge in [-0.25, -0.2) is 0 Å². The molecule has 0 bridgehead atoms. The van der Waals surface area contributed by atoms with E-state index in [2.05, 4.69) is 0 Å². The van der Waals surface area contributed by atoms with Gasteiger partial charge in [-0.15, -0.1) is 11.3 Å². The topological polar surface area (TPSA) is 105 Å². The third kappa shape index (κ3) is 2.71. The molecule has 118 valence electrons. The van der Waals surface area contributed by atoms with Crippen molar-refractivity contribution >= 4 is 33.2 Å². The summed E-state index contributed by atoms with van der Waals surface area (Å²) in [7, 11) is 3.13. The van der Waals surface area contributed by atoms with Crippen LogP contribution >= 0.6 is 11.3 Å². The largest absolute Gasteiger partial charge is 0.493 e. The zero-order valence-corrected chi connectivity index (χ0v) is 13.5. The molecule has 4 N–H and O–H groups in total. The van der Waals surface area contributed by atoms with Gasteiger partial charge in [-0.05, 0) is 24.4 Å². The summed E-state index contributed by atoms with van der Waals surface area (Å²) in [6.45, 7) is 1.46. The smallest absolute Gasteiger partial charge is 0.233 e. The van der Waals surface area contributed by atoms with Crippen molar-refractivity contribution < 1.29 is 19.1 Å². The highest BCUT2D eigenvalue weighted by Crippen LogP contribution is 2.38. The molecule has 22 heavy (non-hydrogen) atoms. The molecule has 0 fully saturated rings. The lowest BCUT2D eigenvalue weighted by Crippen LogP contribution is -2.46. The molecule has 7 heteroatoms. The van der Waals surface area contributed by atoms with Crippen LogP contribution in [0.3, 0.4) is 0 Å². The maximum absolute atomic E-state index is 11.6. The molecule has 6 nitrogen and oxygen atoms in total. The van der Waals surface area contributed by atoms with Gasteiger partial charge in [0, 0.05) is 22.1 Å². The minimum Gasteiger partial charge on any atom is -0.493 e. The van der Waals surface area contributed by atoms with E-state index >= 15 is 0 Å². The molecule has 2 aromatic rings. The van der Waals surface area contributed by atoms with Crippen molar-refractivity contribution in [2.24, 2.45) is 16.9 Å². The first-order valence-corrected chi connectivity index (χ1v) is 7.37. The summed E-state index contributed by atoms with van der Waals surface area (Å²) in [5.41, 5.74) is 9.25. The Bertz CT molecular complexity index is 683. The SMILES string of the molecule is COc1cc2cc(CC(C)(C(N)=O)C(N)=O)sc2cc1OC. The monoisotopic (exact) mass is 322 g/mol. The van der Waals surface area contributed by atoms with Crippen molar-refractivity contribution in [1.82, 2.24) is 0 Å². The Morgan fingerprint density at radius 2 is 1.64 bits per heavy atom. The summed E-state index contributed by atoms with van der Waals surface area (Å²) in [6.07, 6.45) is 0.168. The lowest BCUT2D eigenvalue weighted by atomic mass is 9.84. The predicted molar refractivity (Wildman–Crippen MR) is 85.1 cm³/mol. The highest BCUT2D eigenvalue weighted by molar-refractivity contribution is 7.19. The fraction of sp³-hybridized carbons (Fsp3) is 0.333. The van der Waals surface area contributed by atoms with E-state index in [4.69, 9.17) is 20.9 Å². The van der Waals surface area contributed by atoms with E-state index in [1.807, 2.05) is 18.2 Å². The third-order valence-electron chi connectivity index (χ3n) is 3.69. The summed E-state index contributed by atoms with van der Waals surface area (Å²) in [4.78, 5) is 24.0.